The van der Waals surface area contributed by atoms with Crippen molar-refractivity contribution < 1.29 is 0 Å². The Labute approximate surface area is 114 Å². The minimum absolute atomic E-state index is 0.0122. The van der Waals surface area contributed by atoms with Gasteiger partial charge in [0.05, 0.1) is 11.5 Å². The van der Waals surface area contributed by atoms with Gasteiger partial charge in [0.15, 0.2) is 0 Å². The van der Waals surface area contributed by atoms with E-state index in [1.807, 2.05) is 0 Å². The van der Waals surface area contributed by atoms with Gasteiger partial charge >= 0.3 is 0 Å². The highest BCUT2D eigenvalue weighted by Crippen LogP contribution is 2.49. The minimum Gasteiger partial charge on any atom is -0.198 e. The zero-order valence-electron chi connectivity index (χ0n) is 12.9. The SMILES string of the molecule is CCCCCCC(C)C1(C#N)CCC(C)(C)CC1. The molecular formula is C17H31N. The summed E-state index contributed by atoms with van der Waals surface area (Å²) in [6.45, 7) is 9.26. The van der Waals surface area contributed by atoms with Crippen molar-refractivity contribution in [3.8, 4) is 6.07 Å². The van der Waals surface area contributed by atoms with E-state index in [0.717, 1.165) is 12.8 Å². The predicted molar refractivity (Wildman–Crippen MR) is 78.2 cm³/mol. The van der Waals surface area contributed by atoms with E-state index in [0.29, 0.717) is 11.3 Å². The average Bonchev–Trinajstić information content (AvgIpc) is 2.35. The highest BCUT2D eigenvalue weighted by atomic mass is 14.5. The molecule has 1 rings (SSSR count). The Hall–Kier alpha value is -0.510. The standard InChI is InChI=1S/C17H31N/c1-5-6-7-8-9-15(2)17(14-18)12-10-16(3,4)11-13-17/h15H,5-13H2,1-4H3. The molecule has 1 unspecified atom stereocenters. The summed E-state index contributed by atoms with van der Waals surface area (Å²) in [4.78, 5) is 0. The molecule has 1 aliphatic rings. The van der Waals surface area contributed by atoms with Crippen LogP contribution in [0.3, 0.4) is 0 Å². The van der Waals surface area contributed by atoms with Crippen LogP contribution in [0.15, 0.2) is 0 Å². The first-order valence-corrected chi connectivity index (χ1v) is 7.87. The van der Waals surface area contributed by atoms with Gasteiger partial charge < -0.3 is 0 Å². The summed E-state index contributed by atoms with van der Waals surface area (Å²) in [5.74, 6) is 0.579. The summed E-state index contributed by atoms with van der Waals surface area (Å²) in [5, 5.41) is 9.63. The lowest BCUT2D eigenvalue weighted by atomic mass is 9.60. The molecule has 18 heavy (non-hydrogen) atoms. The molecule has 1 nitrogen and oxygen atoms in total. The van der Waals surface area contributed by atoms with Gasteiger partial charge in [-0.15, -0.1) is 0 Å². The van der Waals surface area contributed by atoms with Crippen molar-refractivity contribution >= 4 is 0 Å². The van der Waals surface area contributed by atoms with Crippen LogP contribution in [0.25, 0.3) is 0 Å². The van der Waals surface area contributed by atoms with E-state index in [9.17, 15) is 5.26 Å². The molecule has 0 aromatic heterocycles. The second kappa shape index (κ2) is 6.60. The van der Waals surface area contributed by atoms with Gasteiger partial charge in [0.25, 0.3) is 0 Å². The first kappa shape index (κ1) is 15.5. The van der Waals surface area contributed by atoms with Gasteiger partial charge in [-0.3, -0.25) is 0 Å². The van der Waals surface area contributed by atoms with Crippen LogP contribution in [0.2, 0.25) is 0 Å². The van der Waals surface area contributed by atoms with E-state index in [1.54, 1.807) is 0 Å². The first-order chi connectivity index (χ1) is 8.46. The summed E-state index contributed by atoms with van der Waals surface area (Å²) in [5.41, 5.74) is 0.448. The third kappa shape index (κ3) is 4.01. The fourth-order valence-corrected chi connectivity index (χ4v) is 3.24. The number of rotatable bonds is 6. The average molecular weight is 249 g/mol. The summed E-state index contributed by atoms with van der Waals surface area (Å²) in [6, 6.07) is 2.70. The maximum atomic E-state index is 9.63. The maximum absolute atomic E-state index is 9.63. The van der Waals surface area contributed by atoms with Crippen molar-refractivity contribution in [2.24, 2.45) is 16.7 Å². The molecule has 0 heterocycles. The molecule has 0 aromatic carbocycles. The molecule has 0 aliphatic heterocycles. The van der Waals surface area contributed by atoms with Crippen LogP contribution in [-0.4, -0.2) is 0 Å². The minimum atomic E-state index is -0.0122. The summed E-state index contributed by atoms with van der Waals surface area (Å²) in [7, 11) is 0. The van der Waals surface area contributed by atoms with Crippen molar-refractivity contribution in [2.75, 3.05) is 0 Å². The Morgan fingerprint density at radius 3 is 2.17 bits per heavy atom. The molecule has 0 radical (unpaired) electrons. The fraction of sp³-hybridized carbons (Fsp3) is 0.941. The van der Waals surface area contributed by atoms with Gasteiger partial charge in [0.2, 0.25) is 0 Å². The van der Waals surface area contributed by atoms with Crippen molar-refractivity contribution in [3.05, 3.63) is 0 Å². The largest absolute Gasteiger partial charge is 0.198 e. The lowest BCUT2D eigenvalue weighted by Gasteiger charge is -2.42. The van der Waals surface area contributed by atoms with Gasteiger partial charge in [-0.1, -0.05) is 53.4 Å². The van der Waals surface area contributed by atoms with Crippen LogP contribution in [0.4, 0.5) is 0 Å². The monoisotopic (exact) mass is 249 g/mol. The molecule has 104 valence electrons. The number of unbranched alkanes of at least 4 members (excludes halogenated alkanes) is 3. The van der Waals surface area contributed by atoms with Crippen LogP contribution in [-0.2, 0) is 0 Å². The zero-order chi connectivity index (χ0) is 13.6. The van der Waals surface area contributed by atoms with Crippen molar-refractivity contribution in [1.82, 2.24) is 0 Å². The van der Waals surface area contributed by atoms with Crippen LogP contribution in [0, 0.1) is 28.1 Å². The summed E-state index contributed by atoms with van der Waals surface area (Å²) >= 11 is 0. The first-order valence-electron chi connectivity index (χ1n) is 7.87. The molecule has 0 bridgehead atoms. The van der Waals surface area contributed by atoms with Gasteiger partial charge in [-0.05, 0) is 43.4 Å². The number of nitrogens with zero attached hydrogens (tertiary/aromatic N) is 1. The summed E-state index contributed by atoms with van der Waals surface area (Å²) in [6.07, 6.45) is 11.2. The van der Waals surface area contributed by atoms with Gasteiger partial charge in [-0.25, -0.2) is 0 Å². The van der Waals surface area contributed by atoms with Crippen molar-refractivity contribution in [2.45, 2.75) is 85.5 Å². The highest BCUT2D eigenvalue weighted by Gasteiger charge is 2.41. The highest BCUT2D eigenvalue weighted by molar-refractivity contribution is 5.05. The van der Waals surface area contributed by atoms with Crippen LogP contribution in [0.5, 0.6) is 0 Å². The molecule has 1 atom stereocenters. The number of hydrogen-bond donors (Lipinski definition) is 0. The van der Waals surface area contributed by atoms with Crippen LogP contribution < -0.4 is 0 Å². The molecule has 0 N–H and O–H groups in total. The molecule has 0 aromatic rings. The third-order valence-electron chi connectivity index (χ3n) is 5.15. The molecule has 1 saturated carbocycles. The van der Waals surface area contributed by atoms with Gasteiger partial charge in [0, 0.05) is 0 Å². The van der Waals surface area contributed by atoms with Gasteiger partial charge in [0.1, 0.15) is 0 Å². The lowest BCUT2D eigenvalue weighted by molar-refractivity contribution is 0.0945. The normalized spacial score (nSPS) is 23.3. The van der Waals surface area contributed by atoms with E-state index < -0.39 is 0 Å². The topological polar surface area (TPSA) is 23.8 Å². The molecule has 1 fully saturated rings. The van der Waals surface area contributed by atoms with Crippen LogP contribution in [0.1, 0.15) is 85.5 Å². The Kier molecular flexibility index (Phi) is 5.70. The molecule has 0 amide bonds. The third-order valence-corrected chi connectivity index (χ3v) is 5.15. The summed E-state index contributed by atoms with van der Waals surface area (Å²) < 4.78 is 0. The van der Waals surface area contributed by atoms with E-state index in [4.69, 9.17) is 0 Å². The smallest absolute Gasteiger partial charge is 0.0692 e. The number of hydrogen-bond acceptors (Lipinski definition) is 1. The molecule has 1 aliphatic carbocycles. The molecule has 0 saturated heterocycles. The van der Waals surface area contributed by atoms with E-state index in [-0.39, 0.29) is 5.41 Å². The van der Waals surface area contributed by atoms with Crippen molar-refractivity contribution in [3.63, 3.8) is 0 Å². The molecular weight excluding hydrogens is 218 g/mol. The fourth-order valence-electron chi connectivity index (χ4n) is 3.24. The lowest BCUT2D eigenvalue weighted by Crippen LogP contribution is -2.35. The van der Waals surface area contributed by atoms with E-state index in [1.165, 1.54) is 44.9 Å². The van der Waals surface area contributed by atoms with Crippen molar-refractivity contribution in [1.29, 1.82) is 5.26 Å². The predicted octanol–water partition coefficient (Wildman–Crippen LogP) is 5.70. The Morgan fingerprint density at radius 1 is 1.06 bits per heavy atom. The maximum Gasteiger partial charge on any atom is 0.0692 e. The number of nitriles is 1. The van der Waals surface area contributed by atoms with Gasteiger partial charge in [-0.2, -0.15) is 5.26 Å². The Morgan fingerprint density at radius 2 is 1.67 bits per heavy atom. The van der Waals surface area contributed by atoms with E-state index in [2.05, 4.69) is 33.8 Å². The quantitative estimate of drug-likeness (QED) is 0.554. The Bertz CT molecular complexity index is 274. The zero-order valence-corrected chi connectivity index (χ0v) is 12.9. The molecule has 0 spiro atoms. The van der Waals surface area contributed by atoms with E-state index >= 15 is 0 Å². The second-order valence-electron chi connectivity index (χ2n) is 7.18. The Balaban J connectivity index is 2.47. The molecule has 1 heteroatoms. The van der Waals surface area contributed by atoms with Crippen LogP contribution >= 0.6 is 0 Å². The second-order valence-corrected chi connectivity index (χ2v) is 7.18.